The first-order valence-electron chi connectivity index (χ1n) is 5.67. The molecule has 0 aromatic carbocycles. The Hall–Kier alpha value is -0.520. The van der Waals surface area contributed by atoms with Gasteiger partial charge in [0.2, 0.25) is 0 Å². The molecule has 2 heterocycles. The average molecular weight is 192 g/mol. The molecule has 0 radical (unpaired) electrons. The third-order valence-corrected chi connectivity index (χ3v) is 3.76. The monoisotopic (exact) mass is 192 g/mol. The van der Waals surface area contributed by atoms with Gasteiger partial charge in [-0.1, -0.05) is 0 Å². The van der Waals surface area contributed by atoms with Gasteiger partial charge in [-0.15, -0.1) is 11.8 Å². The van der Waals surface area contributed by atoms with Crippen LogP contribution in [-0.4, -0.2) is 37.1 Å². The highest BCUT2D eigenvalue weighted by atomic mass is 15.2. The molecule has 3 atom stereocenters. The van der Waals surface area contributed by atoms with Crippen LogP contribution in [-0.2, 0) is 0 Å². The quantitative estimate of drug-likeness (QED) is 0.655. The predicted octanol–water partition coefficient (Wildman–Crippen LogP) is 0.940. The fourth-order valence-corrected chi connectivity index (χ4v) is 2.88. The second-order valence-electron chi connectivity index (χ2n) is 4.49. The number of rotatable bonds is 2. The van der Waals surface area contributed by atoms with Crippen molar-refractivity contribution in [3.8, 4) is 11.8 Å². The van der Waals surface area contributed by atoms with Gasteiger partial charge in [0.15, 0.2) is 0 Å². The number of nitrogens with one attached hydrogen (secondary N) is 1. The zero-order valence-corrected chi connectivity index (χ0v) is 9.21. The highest BCUT2D eigenvalue weighted by Gasteiger charge is 2.41. The molecule has 2 rings (SSSR count). The second kappa shape index (κ2) is 4.33. The molecule has 2 heteroatoms. The minimum atomic E-state index is 0.758. The largest absolute Gasteiger partial charge is 0.316 e. The number of hydrogen-bond acceptors (Lipinski definition) is 2. The maximum atomic E-state index is 3.49. The summed E-state index contributed by atoms with van der Waals surface area (Å²) in [6, 6.07) is 0.758. The minimum absolute atomic E-state index is 0.758. The van der Waals surface area contributed by atoms with Crippen molar-refractivity contribution in [3.63, 3.8) is 0 Å². The topological polar surface area (TPSA) is 15.3 Å². The van der Waals surface area contributed by atoms with Crippen LogP contribution in [0.4, 0.5) is 0 Å². The third kappa shape index (κ3) is 1.80. The summed E-state index contributed by atoms with van der Waals surface area (Å²) in [5.74, 6) is 7.92. The summed E-state index contributed by atoms with van der Waals surface area (Å²) >= 11 is 0. The van der Waals surface area contributed by atoms with Crippen molar-refractivity contribution >= 4 is 0 Å². The molecular weight excluding hydrogens is 172 g/mol. The molecule has 1 N–H and O–H groups in total. The van der Waals surface area contributed by atoms with E-state index in [-0.39, 0.29) is 0 Å². The van der Waals surface area contributed by atoms with E-state index in [1.165, 1.54) is 19.6 Å². The van der Waals surface area contributed by atoms with E-state index in [9.17, 15) is 0 Å². The van der Waals surface area contributed by atoms with Crippen molar-refractivity contribution in [1.82, 2.24) is 10.2 Å². The molecule has 78 valence electrons. The van der Waals surface area contributed by atoms with Crippen LogP contribution in [0.3, 0.4) is 0 Å². The van der Waals surface area contributed by atoms with Gasteiger partial charge in [-0.05, 0) is 38.8 Å². The second-order valence-corrected chi connectivity index (χ2v) is 4.49. The summed E-state index contributed by atoms with van der Waals surface area (Å²) in [5.41, 5.74) is 0. The van der Waals surface area contributed by atoms with E-state index in [1.807, 2.05) is 6.92 Å². The highest BCUT2D eigenvalue weighted by Crippen LogP contribution is 2.31. The van der Waals surface area contributed by atoms with Crippen molar-refractivity contribution in [2.75, 3.05) is 26.2 Å². The molecule has 0 amide bonds. The summed E-state index contributed by atoms with van der Waals surface area (Å²) < 4.78 is 0. The van der Waals surface area contributed by atoms with Gasteiger partial charge < -0.3 is 5.32 Å². The molecule has 2 aliphatic rings. The highest BCUT2D eigenvalue weighted by molar-refractivity contribution is 4.99. The van der Waals surface area contributed by atoms with E-state index in [2.05, 4.69) is 29.0 Å². The molecule has 0 saturated carbocycles. The van der Waals surface area contributed by atoms with Gasteiger partial charge in [0.1, 0.15) is 0 Å². The average Bonchev–Trinajstić information content (AvgIpc) is 2.72. The number of nitrogens with zero attached hydrogens (tertiary/aromatic N) is 1. The molecule has 0 aliphatic carbocycles. The lowest BCUT2D eigenvalue weighted by Gasteiger charge is -2.23. The van der Waals surface area contributed by atoms with Crippen molar-refractivity contribution < 1.29 is 0 Å². The Morgan fingerprint density at radius 3 is 3.00 bits per heavy atom. The first kappa shape index (κ1) is 10.0. The van der Waals surface area contributed by atoms with Gasteiger partial charge in [0.25, 0.3) is 0 Å². The van der Waals surface area contributed by atoms with Crippen LogP contribution in [0.5, 0.6) is 0 Å². The van der Waals surface area contributed by atoms with Crippen molar-refractivity contribution in [1.29, 1.82) is 0 Å². The minimum Gasteiger partial charge on any atom is -0.316 e. The van der Waals surface area contributed by atoms with E-state index in [4.69, 9.17) is 0 Å². The Labute approximate surface area is 87.1 Å². The molecular formula is C12H20N2. The number of fused-ring (bicyclic) bond motifs is 1. The molecule has 0 aromatic heterocycles. The molecule has 14 heavy (non-hydrogen) atoms. The molecule has 3 unspecified atom stereocenters. The molecule has 2 fully saturated rings. The van der Waals surface area contributed by atoms with Crippen molar-refractivity contribution in [2.24, 2.45) is 11.8 Å². The Balaban J connectivity index is 1.86. The summed E-state index contributed by atoms with van der Waals surface area (Å²) in [5, 5.41) is 3.49. The summed E-state index contributed by atoms with van der Waals surface area (Å²) in [7, 11) is 0. The van der Waals surface area contributed by atoms with Crippen molar-refractivity contribution in [2.45, 2.75) is 26.3 Å². The summed E-state index contributed by atoms with van der Waals surface area (Å²) in [6.45, 7) is 9.19. The van der Waals surface area contributed by atoms with Crippen LogP contribution in [0.15, 0.2) is 0 Å². The molecule has 0 aromatic rings. The van der Waals surface area contributed by atoms with E-state index in [0.717, 1.165) is 30.8 Å². The van der Waals surface area contributed by atoms with E-state index < -0.39 is 0 Å². The molecule has 2 saturated heterocycles. The maximum Gasteiger partial charge on any atom is 0.0217 e. The lowest BCUT2D eigenvalue weighted by Crippen LogP contribution is -2.33. The zero-order valence-electron chi connectivity index (χ0n) is 9.21. The lowest BCUT2D eigenvalue weighted by molar-refractivity contribution is 0.245. The molecule has 2 aliphatic heterocycles. The molecule has 0 spiro atoms. The van der Waals surface area contributed by atoms with Crippen LogP contribution >= 0.6 is 0 Å². The smallest absolute Gasteiger partial charge is 0.0217 e. The molecule has 0 bridgehead atoms. The fourth-order valence-electron chi connectivity index (χ4n) is 2.88. The van der Waals surface area contributed by atoms with Crippen LogP contribution in [0.25, 0.3) is 0 Å². The SMILES string of the molecule is CC#CCCN1CC2CNCC2C1C. The number of likely N-dealkylation sites (tertiary alicyclic amines) is 1. The van der Waals surface area contributed by atoms with Crippen molar-refractivity contribution in [3.05, 3.63) is 0 Å². The van der Waals surface area contributed by atoms with Crippen LogP contribution < -0.4 is 5.32 Å². The van der Waals surface area contributed by atoms with E-state index in [1.54, 1.807) is 0 Å². The van der Waals surface area contributed by atoms with Gasteiger partial charge in [-0.3, -0.25) is 4.90 Å². The maximum absolute atomic E-state index is 3.49. The standard InChI is InChI=1S/C12H20N2/c1-3-4-5-6-14-9-11-7-13-8-12(11)10(14)2/h10-13H,5-9H2,1-2H3. The molecule has 2 nitrogen and oxygen atoms in total. The summed E-state index contributed by atoms with van der Waals surface area (Å²) in [6.07, 6.45) is 1.04. The Morgan fingerprint density at radius 1 is 1.43 bits per heavy atom. The Kier molecular flexibility index (Phi) is 3.10. The fraction of sp³-hybridized carbons (Fsp3) is 0.833. The van der Waals surface area contributed by atoms with Gasteiger partial charge in [-0.25, -0.2) is 0 Å². The lowest BCUT2D eigenvalue weighted by atomic mass is 9.95. The van der Waals surface area contributed by atoms with Crippen LogP contribution in [0.2, 0.25) is 0 Å². The van der Waals surface area contributed by atoms with Gasteiger partial charge in [0.05, 0.1) is 0 Å². The van der Waals surface area contributed by atoms with E-state index in [0.29, 0.717) is 0 Å². The zero-order chi connectivity index (χ0) is 9.97. The van der Waals surface area contributed by atoms with Gasteiger partial charge in [-0.2, -0.15) is 0 Å². The van der Waals surface area contributed by atoms with E-state index >= 15 is 0 Å². The van der Waals surface area contributed by atoms with Crippen LogP contribution in [0, 0.1) is 23.7 Å². The summed E-state index contributed by atoms with van der Waals surface area (Å²) in [4.78, 5) is 2.61. The normalized spacial score (nSPS) is 36.6. The number of hydrogen-bond donors (Lipinski definition) is 1. The first-order valence-corrected chi connectivity index (χ1v) is 5.67. The van der Waals surface area contributed by atoms with Gasteiger partial charge in [0, 0.05) is 25.6 Å². The third-order valence-electron chi connectivity index (χ3n) is 3.76. The Morgan fingerprint density at radius 2 is 2.29 bits per heavy atom. The van der Waals surface area contributed by atoms with Crippen LogP contribution in [0.1, 0.15) is 20.3 Å². The predicted molar refractivity (Wildman–Crippen MR) is 59.0 cm³/mol. The first-order chi connectivity index (χ1) is 6.83. The Bertz CT molecular complexity index is 251. The van der Waals surface area contributed by atoms with Gasteiger partial charge >= 0.3 is 0 Å².